The topological polar surface area (TPSA) is 49.3 Å². The maximum absolute atomic E-state index is 10.6. The highest BCUT2D eigenvalue weighted by molar-refractivity contribution is 7.10. The lowest BCUT2D eigenvalue weighted by molar-refractivity contribution is -0.137. The Morgan fingerprint density at radius 2 is 2.57 bits per heavy atom. The average molecular weight is 209 g/mol. The van der Waals surface area contributed by atoms with E-state index in [2.05, 4.69) is 11.2 Å². The first kappa shape index (κ1) is 10.8. The fraction of sp³-hybridized carbons (Fsp3) is 0.300. The summed E-state index contributed by atoms with van der Waals surface area (Å²) in [5.41, 5.74) is 0. The summed E-state index contributed by atoms with van der Waals surface area (Å²) in [5.74, 6) is 1.61. The van der Waals surface area contributed by atoms with Gasteiger partial charge in [0, 0.05) is 4.88 Å². The summed E-state index contributed by atoms with van der Waals surface area (Å²) in [5, 5.41) is 13.6. The SMILES string of the molecule is C#CCNC(CC(=O)O)c1cccs1. The van der Waals surface area contributed by atoms with E-state index in [0.717, 1.165) is 4.88 Å². The standard InChI is InChI=1S/C10H11NO2S/c1-2-5-11-8(7-10(12)13)9-4-3-6-14-9/h1,3-4,6,8,11H,5,7H2,(H,12,13). The number of carbonyl (C=O) groups is 1. The molecule has 0 bridgehead atoms. The molecule has 74 valence electrons. The van der Waals surface area contributed by atoms with Crippen molar-refractivity contribution in [2.75, 3.05) is 6.54 Å². The smallest absolute Gasteiger partial charge is 0.305 e. The molecule has 2 N–H and O–H groups in total. The van der Waals surface area contributed by atoms with Crippen molar-refractivity contribution >= 4 is 17.3 Å². The molecule has 0 aliphatic carbocycles. The van der Waals surface area contributed by atoms with Crippen molar-refractivity contribution in [1.82, 2.24) is 5.32 Å². The van der Waals surface area contributed by atoms with Gasteiger partial charge in [-0.2, -0.15) is 0 Å². The maximum Gasteiger partial charge on any atom is 0.305 e. The van der Waals surface area contributed by atoms with Crippen LogP contribution in [0.3, 0.4) is 0 Å². The molecule has 1 rings (SSSR count). The van der Waals surface area contributed by atoms with Crippen molar-refractivity contribution in [2.45, 2.75) is 12.5 Å². The first-order chi connectivity index (χ1) is 6.74. The van der Waals surface area contributed by atoms with E-state index in [0.29, 0.717) is 6.54 Å². The molecule has 1 aromatic rings. The Labute approximate surface area is 86.8 Å². The van der Waals surface area contributed by atoms with Crippen LogP contribution in [0.15, 0.2) is 17.5 Å². The Balaban J connectivity index is 2.63. The second-order valence-electron chi connectivity index (χ2n) is 2.75. The number of carboxylic acids is 1. The Hall–Kier alpha value is -1.31. The van der Waals surface area contributed by atoms with E-state index in [1.807, 2.05) is 17.5 Å². The molecule has 0 saturated heterocycles. The zero-order valence-corrected chi connectivity index (χ0v) is 8.38. The van der Waals surface area contributed by atoms with Gasteiger partial charge in [-0.15, -0.1) is 17.8 Å². The number of hydrogen-bond donors (Lipinski definition) is 2. The van der Waals surface area contributed by atoms with E-state index >= 15 is 0 Å². The van der Waals surface area contributed by atoms with E-state index in [1.54, 1.807) is 0 Å². The van der Waals surface area contributed by atoms with Crippen LogP contribution in [0.4, 0.5) is 0 Å². The number of nitrogens with one attached hydrogen (secondary N) is 1. The van der Waals surface area contributed by atoms with Crippen LogP contribution in [0.1, 0.15) is 17.3 Å². The Morgan fingerprint density at radius 1 is 1.79 bits per heavy atom. The molecule has 1 heterocycles. The molecular weight excluding hydrogens is 198 g/mol. The molecule has 0 radical (unpaired) electrons. The number of aliphatic carboxylic acids is 1. The van der Waals surface area contributed by atoms with Gasteiger partial charge in [-0.1, -0.05) is 12.0 Å². The molecule has 0 aromatic carbocycles. The van der Waals surface area contributed by atoms with Gasteiger partial charge in [-0.3, -0.25) is 10.1 Å². The summed E-state index contributed by atoms with van der Waals surface area (Å²) in [6.07, 6.45) is 5.16. The van der Waals surface area contributed by atoms with E-state index in [9.17, 15) is 4.79 Å². The molecule has 3 nitrogen and oxygen atoms in total. The first-order valence-electron chi connectivity index (χ1n) is 4.16. The minimum atomic E-state index is -0.826. The average Bonchev–Trinajstić information content (AvgIpc) is 2.64. The van der Waals surface area contributed by atoms with Crippen LogP contribution >= 0.6 is 11.3 Å². The molecule has 0 aliphatic rings. The maximum atomic E-state index is 10.6. The number of carboxylic acid groups (broad SMARTS) is 1. The summed E-state index contributed by atoms with van der Waals surface area (Å²) >= 11 is 1.53. The van der Waals surface area contributed by atoms with Gasteiger partial charge in [0.2, 0.25) is 0 Å². The van der Waals surface area contributed by atoms with Gasteiger partial charge >= 0.3 is 5.97 Å². The van der Waals surface area contributed by atoms with Crippen molar-refractivity contribution in [1.29, 1.82) is 0 Å². The number of terminal acetylenes is 1. The largest absolute Gasteiger partial charge is 0.481 e. The quantitative estimate of drug-likeness (QED) is 0.722. The van der Waals surface area contributed by atoms with Crippen LogP contribution in [-0.4, -0.2) is 17.6 Å². The molecule has 0 aliphatic heterocycles. The van der Waals surface area contributed by atoms with Crippen molar-refractivity contribution in [3.63, 3.8) is 0 Å². The molecule has 1 atom stereocenters. The Morgan fingerprint density at radius 3 is 3.07 bits per heavy atom. The third-order valence-corrected chi connectivity index (χ3v) is 2.70. The molecule has 1 aromatic heterocycles. The summed E-state index contributed by atoms with van der Waals surface area (Å²) in [7, 11) is 0. The fourth-order valence-electron chi connectivity index (χ4n) is 1.12. The highest BCUT2D eigenvalue weighted by atomic mass is 32.1. The van der Waals surface area contributed by atoms with Gasteiger partial charge in [0.15, 0.2) is 0 Å². The first-order valence-corrected chi connectivity index (χ1v) is 5.04. The van der Waals surface area contributed by atoms with E-state index in [4.69, 9.17) is 11.5 Å². The second kappa shape index (κ2) is 5.43. The lowest BCUT2D eigenvalue weighted by atomic mass is 10.1. The predicted molar refractivity (Wildman–Crippen MR) is 56.1 cm³/mol. The lowest BCUT2D eigenvalue weighted by Gasteiger charge is -2.12. The predicted octanol–water partition coefficient (Wildman–Crippen LogP) is 1.49. The summed E-state index contributed by atoms with van der Waals surface area (Å²) in [6.45, 7) is 0.385. The highest BCUT2D eigenvalue weighted by Gasteiger charge is 2.14. The molecule has 14 heavy (non-hydrogen) atoms. The van der Waals surface area contributed by atoms with E-state index in [1.165, 1.54) is 11.3 Å². The molecular formula is C10H11NO2S. The summed E-state index contributed by atoms with van der Waals surface area (Å²) < 4.78 is 0. The monoisotopic (exact) mass is 209 g/mol. The normalized spacial score (nSPS) is 11.9. The van der Waals surface area contributed by atoms with E-state index < -0.39 is 5.97 Å². The number of thiophene rings is 1. The van der Waals surface area contributed by atoms with Crippen LogP contribution in [-0.2, 0) is 4.79 Å². The van der Waals surface area contributed by atoms with Gasteiger partial charge in [0.25, 0.3) is 0 Å². The van der Waals surface area contributed by atoms with Gasteiger partial charge in [-0.05, 0) is 11.4 Å². The molecule has 0 saturated carbocycles. The van der Waals surface area contributed by atoms with Crippen LogP contribution < -0.4 is 5.32 Å². The third kappa shape index (κ3) is 3.21. The van der Waals surface area contributed by atoms with Gasteiger partial charge in [0.1, 0.15) is 0 Å². The van der Waals surface area contributed by atoms with E-state index in [-0.39, 0.29) is 12.5 Å². The summed E-state index contributed by atoms with van der Waals surface area (Å²) in [6, 6.07) is 3.62. The third-order valence-electron chi connectivity index (χ3n) is 1.72. The van der Waals surface area contributed by atoms with Gasteiger partial charge < -0.3 is 5.11 Å². The molecule has 0 amide bonds. The molecule has 4 heteroatoms. The fourth-order valence-corrected chi connectivity index (χ4v) is 1.92. The molecule has 0 fully saturated rings. The van der Waals surface area contributed by atoms with Crippen molar-refractivity contribution in [2.24, 2.45) is 0 Å². The minimum absolute atomic E-state index is 0.0577. The summed E-state index contributed by atoms with van der Waals surface area (Å²) in [4.78, 5) is 11.6. The second-order valence-corrected chi connectivity index (χ2v) is 3.73. The zero-order chi connectivity index (χ0) is 10.4. The lowest BCUT2D eigenvalue weighted by Crippen LogP contribution is -2.23. The number of hydrogen-bond acceptors (Lipinski definition) is 3. The van der Waals surface area contributed by atoms with Crippen LogP contribution in [0.25, 0.3) is 0 Å². The zero-order valence-electron chi connectivity index (χ0n) is 7.56. The molecule has 1 unspecified atom stereocenters. The Kier molecular flexibility index (Phi) is 4.17. The van der Waals surface area contributed by atoms with Gasteiger partial charge in [-0.25, -0.2) is 0 Å². The highest BCUT2D eigenvalue weighted by Crippen LogP contribution is 2.21. The van der Waals surface area contributed by atoms with Gasteiger partial charge in [0.05, 0.1) is 19.0 Å². The van der Waals surface area contributed by atoms with Crippen LogP contribution in [0, 0.1) is 12.3 Å². The number of rotatable bonds is 5. The van der Waals surface area contributed by atoms with Crippen LogP contribution in [0.2, 0.25) is 0 Å². The van der Waals surface area contributed by atoms with Crippen LogP contribution in [0.5, 0.6) is 0 Å². The Bertz CT molecular complexity index is 326. The van der Waals surface area contributed by atoms with Crippen molar-refractivity contribution in [3.05, 3.63) is 22.4 Å². The molecule has 0 spiro atoms. The minimum Gasteiger partial charge on any atom is -0.481 e. The van der Waals surface area contributed by atoms with Crippen molar-refractivity contribution < 1.29 is 9.90 Å². The van der Waals surface area contributed by atoms with Crippen molar-refractivity contribution in [3.8, 4) is 12.3 Å².